The van der Waals surface area contributed by atoms with Crippen molar-refractivity contribution in [2.24, 2.45) is 0 Å². The van der Waals surface area contributed by atoms with E-state index in [0.29, 0.717) is 23.4 Å². The Hall–Kier alpha value is -3.15. The fraction of sp³-hybridized carbons (Fsp3) is 0.238. The summed E-state index contributed by atoms with van der Waals surface area (Å²) < 4.78 is 20.7. The van der Waals surface area contributed by atoms with Crippen molar-refractivity contribution in [2.75, 3.05) is 7.11 Å². The van der Waals surface area contributed by atoms with Crippen LogP contribution in [-0.4, -0.2) is 28.8 Å². The number of aryl methyl sites for hydroxylation is 1. The maximum atomic E-state index is 13.8. The van der Waals surface area contributed by atoms with E-state index in [0.717, 1.165) is 11.3 Å². The number of nitrogens with zero attached hydrogens (tertiary/aromatic N) is 2. The number of rotatable bonds is 6. The van der Waals surface area contributed by atoms with Crippen LogP contribution in [0.4, 0.5) is 4.39 Å². The highest BCUT2D eigenvalue weighted by atomic mass is 19.1. The van der Waals surface area contributed by atoms with E-state index in [9.17, 15) is 9.18 Å². The van der Waals surface area contributed by atoms with Crippen LogP contribution in [0.1, 0.15) is 28.5 Å². The van der Waals surface area contributed by atoms with Gasteiger partial charge < -0.3 is 10.1 Å². The molecule has 0 spiro atoms. The first-order valence-corrected chi connectivity index (χ1v) is 8.73. The van der Waals surface area contributed by atoms with Crippen molar-refractivity contribution in [3.8, 4) is 11.4 Å². The molecular formula is C21H22FN3O2. The molecule has 0 aliphatic heterocycles. The van der Waals surface area contributed by atoms with E-state index in [1.165, 1.54) is 6.07 Å². The molecule has 1 aromatic heterocycles. The minimum Gasteiger partial charge on any atom is -0.494 e. The van der Waals surface area contributed by atoms with Gasteiger partial charge in [0.25, 0.3) is 5.91 Å². The topological polar surface area (TPSA) is 56.1 Å². The Morgan fingerprint density at radius 1 is 1.26 bits per heavy atom. The number of carbonyl (C=O) groups is 1. The van der Waals surface area contributed by atoms with Crippen molar-refractivity contribution in [3.05, 3.63) is 77.4 Å². The van der Waals surface area contributed by atoms with Crippen molar-refractivity contribution >= 4 is 5.91 Å². The average Bonchev–Trinajstić information content (AvgIpc) is 3.14. The number of halogens is 1. The first-order valence-electron chi connectivity index (χ1n) is 8.73. The van der Waals surface area contributed by atoms with Crippen LogP contribution >= 0.6 is 0 Å². The molecule has 0 fully saturated rings. The molecule has 0 bridgehead atoms. The Balaban J connectivity index is 1.72. The summed E-state index contributed by atoms with van der Waals surface area (Å²) in [4.78, 5) is 12.5. The SMILES string of the molecule is COc1ccc(C)cc1-n1ccc(C(=O)NC(C)Cc2ccccc2F)n1. The van der Waals surface area contributed by atoms with Crippen LogP contribution in [-0.2, 0) is 6.42 Å². The Kier molecular flexibility index (Phi) is 5.54. The van der Waals surface area contributed by atoms with Gasteiger partial charge in [-0.25, -0.2) is 9.07 Å². The van der Waals surface area contributed by atoms with Crippen LogP contribution < -0.4 is 10.1 Å². The molecule has 3 rings (SSSR count). The van der Waals surface area contributed by atoms with Gasteiger partial charge in [-0.2, -0.15) is 5.10 Å². The summed E-state index contributed by atoms with van der Waals surface area (Å²) in [5, 5.41) is 7.22. The van der Waals surface area contributed by atoms with Crippen LogP contribution in [0, 0.1) is 12.7 Å². The molecule has 3 aromatic rings. The normalized spacial score (nSPS) is 11.9. The van der Waals surface area contributed by atoms with Crippen molar-refractivity contribution in [2.45, 2.75) is 26.3 Å². The quantitative estimate of drug-likeness (QED) is 0.723. The van der Waals surface area contributed by atoms with E-state index in [-0.39, 0.29) is 17.8 Å². The number of aromatic nitrogens is 2. The first-order chi connectivity index (χ1) is 13.0. The van der Waals surface area contributed by atoms with E-state index >= 15 is 0 Å². The Morgan fingerprint density at radius 2 is 2.04 bits per heavy atom. The van der Waals surface area contributed by atoms with Gasteiger partial charge in [0.05, 0.1) is 7.11 Å². The van der Waals surface area contributed by atoms with E-state index in [4.69, 9.17) is 4.74 Å². The molecule has 1 atom stereocenters. The fourth-order valence-corrected chi connectivity index (χ4v) is 2.90. The molecule has 5 nitrogen and oxygen atoms in total. The Bertz CT molecular complexity index is 952. The minimum absolute atomic E-state index is 0.229. The minimum atomic E-state index is -0.302. The standard InChI is InChI=1S/C21H22FN3O2/c1-14-8-9-20(27-3)19(12-14)25-11-10-18(24-25)21(26)23-15(2)13-16-6-4-5-7-17(16)22/h4-12,15H,13H2,1-3H3,(H,23,26). The largest absolute Gasteiger partial charge is 0.494 e. The summed E-state index contributed by atoms with van der Waals surface area (Å²) in [5.41, 5.74) is 2.68. The van der Waals surface area contributed by atoms with Gasteiger partial charge in [0, 0.05) is 12.2 Å². The lowest BCUT2D eigenvalue weighted by atomic mass is 10.1. The number of nitrogens with one attached hydrogen (secondary N) is 1. The third kappa shape index (κ3) is 4.34. The van der Waals surface area contributed by atoms with Gasteiger partial charge in [-0.1, -0.05) is 24.3 Å². The lowest BCUT2D eigenvalue weighted by Crippen LogP contribution is -2.34. The van der Waals surface area contributed by atoms with Gasteiger partial charge in [0.2, 0.25) is 0 Å². The molecule has 0 saturated carbocycles. The third-order valence-corrected chi connectivity index (χ3v) is 4.26. The predicted molar refractivity (Wildman–Crippen MR) is 102 cm³/mol. The van der Waals surface area contributed by atoms with Crippen molar-refractivity contribution in [3.63, 3.8) is 0 Å². The lowest BCUT2D eigenvalue weighted by Gasteiger charge is -2.13. The lowest BCUT2D eigenvalue weighted by molar-refractivity contribution is 0.0934. The molecule has 2 aromatic carbocycles. The van der Waals surface area contributed by atoms with Gasteiger partial charge >= 0.3 is 0 Å². The zero-order valence-electron chi connectivity index (χ0n) is 15.6. The molecule has 0 radical (unpaired) electrons. The number of hydrogen-bond donors (Lipinski definition) is 1. The second kappa shape index (κ2) is 8.03. The molecule has 1 N–H and O–H groups in total. The van der Waals surface area contributed by atoms with Crippen molar-refractivity contribution < 1.29 is 13.9 Å². The fourth-order valence-electron chi connectivity index (χ4n) is 2.90. The summed E-state index contributed by atoms with van der Waals surface area (Å²) in [5.74, 6) is 0.0993. The predicted octanol–water partition coefficient (Wildman–Crippen LogP) is 3.69. The highest BCUT2D eigenvalue weighted by Crippen LogP contribution is 2.23. The molecule has 140 valence electrons. The second-order valence-electron chi connectivity index (χ2n) is 6.49. The zero-order chi connectivity index (χ0) is 19.4. The molecule has 27 heavy (non-hydrogen) atoms. The maximum Gasteiger partial charge on any atom is 0.272 e. The smallest absolute Gasteiger partial charge is 0.272 e. The molecule has 1 amide bonds. The Morgan fingerprint density at radius 3 is 2.78 bits per heavy atom. The molecule has 0 saturated heterocycles. The summed E-state index contributed by atoms with van der Waals surface area (Å²) in [6.07, 6.45) is 2.12. The maximum absolute atomic E-state index is 13.8. The highest BCUT2D eigenvalue weighted by molar-refractivity contribution is 5.92. The molecule has 6 heteroatoms. The number of hydrogen-bond acceptors (Lipinski definition) is 3. The Labute approximate surface area is 157 Å². The van der Waals surface area contributed by atoms with Crippen molar-refractivity contribution in [1.29, 1.82) is 0 Å². The monoisotopic (exact) mass is 367 g/mol. The van der Waals surface area contributed by atoms with Gasteiger partial charge in [0.15, 0.2) is 5.69 Å². The summed E-state index contributed by atoms with van der Waals surface area (Å²) in [6.45, 7) is 3.81. The van der Waals surface area contributed by atoms with E-state index in [1.54, 1.807) is 42.3 Å². The van der Waals surface area contributed by atoms with E-state index in [1.807, 2.05) is 32.0 Å². The second-order valence-corrected chi connectivity index (χ2v) is 6.49. The van der Waals surface area contributed by atoms with Crippen LogP contribution in [0.25, 0.3) is 5.69 Å². The summed E-state index contributed by atoms with van der Waals surface area (Å²) in [7, 11) is 1.59. The van der Waals surface area contributed by atoms with Gasteiger partial charge in [-0.15, -0.1) is 0 Å². The van der Waals surface area contributed by atoms with Crippen LogP contribution in [0.5, 0.6) is 5.75 Å². The molecule has 1 heterocycles. The molecule has 0 aliphatic carbocycles. The first kappa shape index (κ1) is 18.6. The number of methoxy groups -OCH3 is 1. The summed E-state index contributed by atoms with van der Waals surface area (Å²) in [6, 6.07) is 13.7. The number of benzene rings is 2. The molecule has 1 unspecified atom stereocenters. The van der Waals surface area contributed by atoms with Gasteiger partial charge in [-0.05, 0) is 55.7 Å². The number of amides is 1. The highest BCUT2D eigenvalue weighted by Gasteiger charge is 2.16. The number of carbonyl (C=O) groups excluding carboxylic acids is 1. The van der Waals surface area contributed by atoms with Crippen molar-refractivity contribution in [1.82, 2.24) is 15.1 Å². The van der Waals surface area contributed by atoms with Gasteiger partial charge in [-0.3, -0.25) is 4.79 Å². The van der Waals surface area contributed by atoms with E-state index in [2.05, 4.69) is 10.4 Å². The van der Waals surface area contributed by atoms with Gasteiger partial charge in [0.1, 0.15) is 17.3 Å². The zero-order valence-corrected chi connectivity index (χ0v) is 15.6. The van der Waals surface area contributed by atoms with Crippen LogP contribution in [0.15, 0.2) is 54.7 Å². The van der Waals surface area contributed by atoms with Crippen LogP contribution in [0.3, 0.4) is 0 Å². The van der Waals surface area contributed by atoms with Crippen LogP contribution in [0.2, 0.25) is 0 Å². The third-order valence-electron chi connectivity index (χ3n) is 4.26. The number of ether oxygens (including phenoxy) is 1. The average molecular weight is 367 g/mol. The molecule has 0 aliphatic rings. The summed E-state index contributed by atoms with van der Waals surface area (Å²) >= 11 is 0. The van der Waals surface area contributed by atoms with E-state index < -0.39 is 0 Å². The molecular weight excluding hydrogens is 345 g/mol.